The molecule has 36 heavy (non-hydrogen) atoms. The predicted octanol–water partition coefficient (Wildman–Crippen LogP) is 8.03. The molecule has 4 saturated carbocycles. The van der Waals surface area contributed by atoms with E-state index in [2.05, 4.69) is 5.16 Å². The van der Waals surface area contributed by atoms with Crippen molar-refractivity contribution in [3.05, 3.63) is 75.0 Å². The van der Waals surface area contributed by atoms with Crippen LogP contribution in [0, 0.1) is 5.41 Å². The van der Waals surface area contributed by atoms with Gasteiger partial charge in [-0.3, -0.25) is 0 Å². The first kappa shape index (κ1) is 24.0. The first-order chi connectivity index (χ1) is 17.4. The van der Waals surface area contributed by atoms with Gasteiger partial charge >= 0.3 is 5.97 Å². The Morgan fingerprint density at radius 1 is 1.00 bits per heavy atom. The number of hydrogen-bond acceptors (Lipinski definition) is 4. The summed E-state index contributed by atoms with van der Waals surface area (Å²) >= 11 is 13.0. The minimum absolute atomic E-state index is 0.167. The second-order valence-electron chi connectivity index (χ2n) is 10.9. The number of carbonyl (C=O) groups is 1. The van der Waals surface area contributed by atoms with E-state index in [4.69, 9.17) is 32.5 Å². The topological polar surface area (TPSA) is 72.6 Å². The summed E-state index contributed by atoms with van der Waals surface area (Å²) in [5.74, 6) is 0.441. The molecule has 0 atom stereocenters. The highest BCUT2D eigenvalue weighted by Crippen LogP contribution is 2.58. The van der Waals surface area contributed by atoms with Crippen LogP contribution in [0.5, 0.6) is 0 Å². The lowest BCUT2D eigenvalue weighted by molar-refractivity contribution is -0.0433. The molecule has 2 aromatic carbocycles. The Hall–Kier alpha value is -2.34. The molecular formula is C29H29Cl2NO4. The van der Waals surface area contributed by atoms with Crippen LogP contribution in [-0.2, 0) is 16.8 Å². The first-order valence-electron chi connectivity index (χ1n) is 12.7. The lowest BCUT2D eigenvalue weighted by Crippen LogP contribution is -2.46. The third-order valence-corrected chi connectivity index (χ3v) is 9.40. The molecule has 0 spiro atoms. The standard InChI is InChI=1S/C29H29Cl2NO4/c30-22-2-1-3-23(31)24(22)25-21(26(36-32-25)18-4-5-18)16-35-17-28-10-13-29(14-11-28,15-12-28)20-8-6-19(7-9-20)27(33)34/h1-3,6-9,18H,4-5,10-17H2,(H,33,34). The van der Waals surface area contributed by atoms with Gasteiger partial charge in [0.05, 0.1) is 28.8 Å². The molecule has 4 aliphatic carbocycles. The molecule has 0 aliphatic heterocycles. The van der Waals surface area contributed by atoms with Gasteiger partial charge in [0.15, 0.2) is 0 Å². The van der Waals surface area contributed by atoms with Crippen molar-refractivity contribution in [2.45, 2.75) is 69.3 Å². The predicted molar refractivity (Wildman–Crippen MR) is 139 cm³/mol. The number of hydrogen-bond donors (Lipinski definition) is 1. The van der Waals surface area contributed by atoms with Gasteiger partial charge < -0.3 is 14.4 Å². The van der Waals surface area contributed by atoms with Crippen molar-refractivity contribution < 1.29 is 19.2 Å². The zero-order valence-corrected chi connectivity index (χ0v) is 21.6. The molecule has 188 valence electrons. The van der Waals surface area contributed by atoms with Crippen LogP contribution in [0.25, 0.3) is 11.3 Å². The first-order valence-corrected chi connectivity index (χ1v) is 13.5. The second-order valence-corrected chi connectivity index (χ2v) is 11.7. The van der Waals surface area contributed by atoms with Crippen LogP contribution >= 0.6 is 23.2 Å². The molecule has 1 heterocycles. The van der Waals surface area contributed by atoms with Crippen molar-refractivity contribution in [2.75, 3.05) is 6.61 Å². The van der Waals surface area contributed by atoms with Crippen molar-refractivity contribution in [3.63, 3.8) is 0 Å². The van der Waals surface area contributed by atoms with E-state index in [-0.39, 0.29) is 10.8 Å². The fourth-order valence-electron chi connectivity index (χ4n) is 6.30. The molecule has 5 nitrogen and oxygen atoms in total. The molecule has 2 bridgehead atoms. The van der Waals surface area contributed by atoms with Crippen molar-refractivity contribution in [2.24, 2.45) is 5.41 Å². The van der Waals surface area contributed by atoms with E-state index in [0.29, 0.717) is 46.0 Å². The fraction of sp³-hybridized carbons (Fsp3) is 0.448. The van der Waals surface area contributed by atoms with Crippen LogP contribution in [-0.4, -0.2) is 22.8 Å². The molecule has 4 aliphatic rings. The average molecular weight is 526 g/mol. The number of carboxylic acids is 1. The molecule has 7 heteroatoms. The summed E-state index contributed by atoms with van der Waals surface area (Å²) < 4.78 is 12.2. The Morgan fingerprint density at radius 2 is 1.64 bits per heavy atom. The van der Waals surface area contributed by atoms with Crippen LogP contribution in [0.1, 0.15) is 84.5 Å². The Kier molecular flexibility index (Phi) is 6.14. The number of carboxylic acid groups (broad SMARTS) is 1. The summed E-state index contributed by atoms with van der Waals surface area (Å²) in [5.41, 5.74) is 4.37. The molecule has 7 rings (SSSR count). The number of aromatic carboxylic acids is 1. The zero-order chi connectivity index (χ0) is 24.9. The summed E-state index contributed by atoms with van der Waals surface area (Å²) in [4.78, 5) is 11.2. The minimum atomic E-state index is -0.875. The normalized spacial score (nSPS) is 25.3. The summed E-state index contributed by atoms with van der Waals surface area (Å²) in [6.07, 6.45) is 8.92. The van der Waals surface area contributed by atoms with Gasteiger partial charge in [0.25, 0.3) is 0 Å². The van der Waals surface area contributed by atoms with Crippen LogP contribution < -0.4 is 0 Å². The van der Waals surface area contributed by atoms with Crippen molar-refractivity contribution in [1.82, 2.24) is 5.16 Å². The highest BCUT2D eigenvalue weighted by molar-refractivity contribution is 6.39. The monoisotopic (exact) mass is 525 g/mol. The van der Waals surface area contributed by atoms with E-state index in [1.165, 1.54) is 5.56 Å². The van der Waals surface area contributed by atoms with E-state index < -0.39 is 5.97 Å². The maximum absolute atomic E-state index is 11.2. The van der Waals surface area contributed by atoms with Gasteiger partial charge in [0, 0.05) is 17.0 Å². The smallest absolute Gasteiger partial charge is 0.335 e. The SMILES string of the molecule is O=C(O)c1ccc(C23CCC(COCc4c(-c5c(Cl)cccc5Cl)noc4C4CC4)(CC2)CC3)cc1. The zero-order valence-electron chi connectivity index (χ0n) is 20.1. The molecule has 1 aromatic heterocycles. The van der Waals surface area contributed by atoms with Crippen molar-refractivity contribution >= 4 is 29.2 Å². The van der Waals surface area contributed by atoms with E-state index in [1.807, 2.05) is 30.3 Å². The molecule has 4 fully saturated rings. The third kappa shape index (κ3) is 4.25. The fourth-order valence-corrected chi connectivity index (χ4v) is 6.87. The van der Waals surface area contributed by atoms with Gasteiger partial charge in [-0.25, -0.2) is 4.79 Å². The van der Waals surface area contributed by atoms with Gasteiger partial charge in [0.2, 0.25) is 0 Å². The maximum Gasteiger partial charge on any atom is 0.335 e. The third-order valence-electron chi connectivity index (χ3n) is 8.77. The number of benzene rings is 2. The molecule has 0 unspecified atom stereocenters. The number of aromatic nitrogens is 1. The van der Waals surface area contributed by atoms with Crippen LogP contribution in [0.2, 0.25) is 10.0 Å². The van der Waals surface area contributed by atoms with Crippen LogP contribution in [0.4, 0.5) is 0 Å². The summed E-state index contributed by atoms with van der Waals surface area (Å²) in [5, 5.41) is 14.7. The van der Waals surface area contributed by atoms with Crippen LogP contribution in [0.3, 0.4) is 0 Å². The Labute approximate surface area is 220 Å². The Balaban J connectivity index is 1.15. The summed E-state index contributed by atoms with van der Waals surface area (Å²) in [6, 6.07) is 13.0. The Bertz CT molecular complexity index is 1250. The largest absolute Gasteiger partial charge is 0.478 e. The van der Waals surface area contributed by atoms with Gasteiger partial charge in [-0.05, 0) is 92.0 Å². The van der Waals surface area contributed by atoms with Gasteiger partial charge in [-0.2, -0.15) is 0 Å². The quantitative estimate of drug-likeness (QED) is 0.322. The molecule has 0 radical (unpaired) electrons. The maximum atomic E-state index is 11.2. The summed E-state index contributed by atoms with van der Waals surface area (Å²) in [7, 11) is 0. The minimum Gasteiger partial charge on any atom is -0.478 e. The number of fused-ring (bicyclic) bond motifs is 3. The molecule has 1 N–H and O–H groups in total. The lowest BCUT2D eigenvalue weighted by atomic mass is 9.52. The highest BCUT2D eigenvalue weighted by atomic mass is 35.5. The molecule has 0 saturated heterocycles. The number of ether oxygens (including phenoxy) is 1. The van der Waals surface area contributed by atoms with Gasteiger partial charge in [0.1, 0.15) is 11.5 Å². The number of nitrogens with zero attached hydrogens (tertiary/aromatic N) is 1. The van der Waals surface area contributed by atoms with Gasteiger partial charge in [-0.15, -0.1) is 0 Å². The molecule has 0 amide bonds. The molecule has 3 aromatic rings. The highest BCUT2D eigenvalue weighted by Gasteiger charge is 2.49. The summed E-state index contributed by atoms with van der Waals surface area (Å²) in [6.45, 7) is 1.15. The lowest BCUT2D eigenvalue weighted by Gasteiger charge is -2.53. The van der Waals surface area contributed by atoms with Crippen molar-refractivity contribution in [3.8, 4) is 11.3 Å². The van der Waals surface area contributed by atoms with E-state index >= 15 is 0 Å². The molecular weight excluding hydrogens is 497 g/mol. The average Bonchev–Trinajstić information content (AvgIpc) is 3.66. The van der Waals surface area contributed by atoms with Crippen LogP contribution in [0.15, 0.2) is 47.0 Å². The van der Waals surface area contributed by atoms with Gasteiger partial charge in [-0.1, -0.05) is 46.6 Å². The second kappa shape index (κ2) is 9.20. The Morgan fingerprint density at radius 3 is 2.22 bits per heavy atom. The van der Waals surface area contributed by atoms with E-state index in [0.717, 1.165) is 62.7 Å². The van der Waals surface area contributed by atoms with E-state index in [9.17, 15) is 9.90 Å². The van der Waals surface area contributed by atoms with E-state index in [1.54, 1.807) is 12.1 Å². The van der Waals surface area contributed by atoms with Crippen molar-refractivity contribution in [1.29, 1.82) is 0 Å². The number of halogens is 2. The number of rotatable bonds is 8.